The van der Waals surface area contributed by atoms with Crippen molar-refractivity contribution in [1.29, 1.82) is 0 Å². The van der Waals surface area contributed by atoms with Gasteiger partial charge in [-0.15, -0.1) is 0 Å². The van der Waals surface area contributed by atoms with E-state index < -0.39 is 13.0 Å². The number of Topliss-reactive ketones (excluding diaryl/α,β-unsaturated/α-hetero) is 1. The second-order valence-corrected chi connectivity index (χ2v) is 6.89. The van der Waals surface area contributed by atoms with Gasteiger partial charge in [0.15, 0.2) is 0 Å². The van der Waals surface area contributed by atoms with Crippen molar-refractivity contribution < 1.29 is 23.1 Å². The van der Waals surface area contributed by atoms with Gasteiger partial charge in [-0.1, -0.05) is 31.5 Å². The topological polar surface area (TPSA) is 68.3 Å². The Kier molecular flexibility index (Phi) is 7.87. The van der Waals surface area contributed by atoms with Crippen LogP contribution in [0.15, 0.2) is 36.5 Å². The van der Waals surface area contributed by atoms with E-state index in [4.69, 9.17) is 16.3 Å². The van der Waals surface area contributed by atoms with Crippen LogP contribution in [0.5, 0.6) is 5.75 Å². The van der Waals surface area contributed by atoms with Gasteiger partial charge in [0.1, 0.15) is 18.1 Å². The summed E-state index contributed by atoms with van der Waals surface area (Å²) >= 11 is 6.02. The average Bonchev–Trinajstić information content (AvgIpc) is 2.65. The number of benzene rings is 1. The van der Waals surface area contributed by atoms with E-state index in [1.54, 1.807) is 24.3 Å². The van der Waals surface area contributed by atoms with E-state index >= 15 is 0 Å². The second kappa shape index (κ2) is 10.1. The normalized spacial score (nSPS) is 11.0. The highest BCUT2D eigenvalue weighted by Gasteiger charge is 2.13. The van der Waals surface area contributed by atoms with Gasteiger partial charge in [0.05, 0.1) is 5.02 Å². The number of nitrogens with zero attached hydrogens (tertiary/aromatic N) is 1. The number of pyridine rings is 1. The van der Waals surface area contributed by atoms with Crippen molar-refractivity contribution in [2.45, 2.75) is 33.2 Å². The Morgan fingerprint density at radius 1 is 1.21 bits per heavy atom. The molecular weight excluding hydrogens is 390 g/mol. The predicted octanol–water partition coefficient (Wildman–Crippen LogP) is 4.08. The molecule has 1 aromatic carbocycles. The smallest absolute Gasteiger partial charge is 0.272 e. The fourth-order valence-electron chi connectivity index (χ4n) is 2.31. The lowest BCUT2D eigenvalue weighted by atomic mass is 10.0. The molecule has 1 amide bonds. The van der Waals surface area contributed by atoms with Gasteiger partial charge in [0.2, 0.25) is 0 Å². The molecule has 0 spiro atoms. The molecular formula is C20H21ClF2N2O3. The summed E-state index contributed by atoms with van der Waals surface area (Å²) in [5.74, 6) is -0.217. The SMILES string of the molecule is CC(C)C(=O)Cc1cc(C(=O)NCc2ccc(OCC(F)F)c(Cl)c2)ccn1. The van der Waals surface area contributed by atoms with E-state index in [1.165, 1.54) is 12.3 Å². The summed E-state index contributed by atoms with van der Waals surface area (Å²) in [7, 11) is 0. The van der Waals surface area contributed by atoms with Crippen LogP contribution < -0.4 is 10.1 Å². The number of hydrogen-bond donors (Lipinski definition) is 1. The Labute approximate surface area is 167 Å². The molecule has 0 unspecified atom stereocenters. The van der Waals surface area contributed by atoms with Crippen molar-refractivity contribution in [2.24, 2.45) is 5.92 Å². The van der Waals surface area contributed by atoms with Crippen molar-refractivity contribution in [3.63, 3.8) is 0 Å². The minimum absolute atomic E-state index is 0.0499. The van der Waals surface area contributed by atoms with Crippen molar-refractivity contribution in [3.8, 4) is 5.75 Å². The van der Waals surface area contributed by atoms with Crippen LogP contribution in [-0.2, 0) is 17.8 Å². The summed E-state index contributed by atoms with van der Waals surface area (Å²) < 4.78 is 29.3. The second-order valence-electron chi connectivity index (χ2n) is 6.48. The van der Waals surface area contributed by atoms with E-state index in [2.05, 4.69) is 10.3 Å². The van der Waals surface area contributed by atoms with Gasteiger partial charge >= 0.3 is 0 Å². The van der Waals surface area contributed by atoms with Gasteiger partial charge < -0.3 is 10.1 Å². The number of ketones is 1. The molecule has 5 nitrogen and oxygen atoms in total. The first-order valence-corrected chi connectivity index (χ1v) is 9.09. The molecule has 2 aromatic rings. The molecule has 1 N–H and O–H groups in total. The zero-order chi connectivity index (χ0) is 20.7. The van der Waals surface area contributed by atoms with Crippen molar-refractivity contribution in [2.75, 3.05) is 6.61 Å². The van der Waals surface area contributed by atoms with Crippen molar-refractivity contribution in [3.05, 3.63) is 58.4 Å². The fourth-order valence-corrected chi connectivity index (χ4v) is 2.56. The largest absolute Gasteiger partial charge is 0.486 e. The Morgan fingerprint density at radius 2 is 1.96 bits per heavy atom. The number of hydrogen-bond acceptors (Lipinski definition) is 4. The lowest BCUT2D eigenvalue weighted by Crippen LogP contribution is -2.23. The van der Waals surface area contributed by atoms with E-state index in [1.807, 2.05) is 13.8 Å². The molecule has 0 radical (unpaired) electrons. The molecule has 150 valence electrons. The monoisotopic (exact) mass is 410 g/mol. The molecule has 0 aliphatic carbocycles. The van der Waals surface area contributed by atoms with Crippen LogP contribution in [0.3, 0.4) is 0 Å². The van der Waals surface area contributed by atoms with Crippen molar-refractivity contribution in [1.82, 2.24) is 10.3 Å². The summed E-state index contributed by atoms with van der Waals surface area (Å²) in [5.41, 5.74) is 1.62. The molecule has 0 aliphatic heterocycles. The number of carbonyl (C=O) groups excluding carboxylic acids is 2. The van der Waals surface area contributed by atoms with Gasteiger partial charge in [0, 0.05) is 36.3 Å². The number of nitrogens with one attached hydrogen (secondary N) is 1. The predicted molar refractivity (Wildman–Crippen MR) is 102 cm³/mol. The van der Waals surface area contributed by atoms with E-state index in [9.17, 15) is 18.4 Å². The first kappa shape index (κ1) is 21.8. The van der Waals surface area contributed by atoms with E-state index in [-0.39, 0.29) is 41.3 Å². The summed E-state index contributed by atoms with van der Waals surface area (Å²) in [6.45, 7) is 3.08. The first-order chi connectivity index (χ1) is 13.3. The Balaban J connectivity index is 1.96. The molecule has 0 saturated carbocycles. The molecule has 28 heavy (non-hydrogen) atoms. The number of carbonyl (C=O) groups is 2. The highest BCUT2D eigenvalue weighted by atomic mass is 35.5. The summed E-state index contributed by atoms with van der Waals surface area (Å²) in [6.07, 6.45) is -0.922. The highest BCUT2D eigenvalue weighted by molar-refractivity contribution is 6.32. The standard InChI is InChI=1S/C20H21ClF2N2O3/c1-12(2)17(26)9-15-8-14(5-6-24-15)20(27)25-10-13-3-4-18(16(21)7-13)28-11-19(22)23/h3-8,12,19H,9-11H2,1-2H3,(H,25,27). The lowest BCUT2D eigenvalue weighted by Gasteiger charge is -2.10. The maximum atomic E-state index is 12.4. The summed E-state index contributed by atoms with van der Waals surface area (Å²) in [4.78, 5) is 28.3. The number of amides is 1. The Morgan fingerprint density at radius 3 is 2.61 bits per heavy atom. The molecule has 8 heteroatoms. The Bertz CT molecular complexity index is 844. The third-order valence-corrected chi connectivity index (χ3v) is 4.19. The van der Waals surface area contributed by atoms with Crippen LogP contribution in [0.1, 0.15) is 35.5 Å². The Hall–Kier alpha value is -2.54. The third-order valence-electron chi connectivity index (χ3n) is 3.89. The number of aromatic nitrogens is 1. The summed E-state index contributed by atoms with van der Waals surface area (Å²) in [6, 6.07) is 7.80. The fraction of sp³-hybridized carbons (Fsp3) is 0.350. The van der Waals surface area contributed by atoms with Crippen LogP contribution in [0, 0.1) is 5.92 Å². The zero-order valence-electron chi connectivity index (χ0n) is 15.5. The van der Waals surface area contributed by atoms with E-state index in [0.717, 1.165) is 0 Å². The minimum Gasteiger partial charge on any atom is -0.486 e. The summed E-state index contributed by atoms with van der Waals surface area (Å²) in [5, 5.41) is 2.93. The highest BCUT2D eigenvalue weighted by Crippen LogP contribution is 2.25. The van der Waals surface area contributed by atoms with Crippen LogP contribution in [0.25, 0.3) is 0 Å². The first-order valence-electron chi connectivity index (χ1n) is 8.71. The quantitative estimate of drug-likeness (QED) is 0.676. The molecule has 0 aliphatic rings. The maximum absolute atomic E-state index is 12.4. The minimum atomic E-state index is -2.59. The molecule has 2 rings (SSSR count). The van der Waals surface area contributed by atoms with Gasteiger partial charge in [-0.2, -0.15) is 0 Å². The van der Waals surface area contributed by atoms with Gasteiger partial charge in [-0.25, -0.2) is 8.78 Å². The van der Waals surface area contributed by atoms with Crippen LogP contribution in [0.2, 0.25) is 5.02 Å². The van der Waals surface area contributed by atoms with Gasteiger partial charge in [-0.3, -0.25) is 14.6 Å². The van der Waals surface area contributed by atoms with E-state index in [0.29, 0.717) is 16.8 Å². The molecule has 0 fully saturated rings. The third kappa shape index (κ3) is 6.56. The number of alkyl halides is 2. The zero-order valence-corrected chi connectivity index (χ0v) is 16.3. The van der Waals surface area contributed by atoms with Crippen LogP contribution in [0.4, 0.5) is 8.78 Å². The lowest BCUT2D eigenvalue weighted by molar-refractivity contribution is -0.121. The number of halogens is 3. The molecule has 0 saturated heterocycles. The van der Waals surface area contributed by atoms with Crippen molar-refractivity contribution >= 4 is 23.3 Å². The molecule has 1 heterocycles. The molecule has 1 aromatic heterocycles. The number of rotatable bonds is 9. The van der Waals surface area contributed by atoms with Gasteiger partial charge in [-0.05, 0) is 29.8 Å². The molecule has 0 atom stereocenters. The number of ether oxygens (including phenoxy) is 1. The van der Waals surface area contributed by atoms with Crippen LogP contribution in [-0.4, -0.2) is 29.7 Å². The average molecular weight is 411 g/mol. The van der Waals surface area contributed by atoms with Gasteiger partial charge in [0.25, 0.3) is 12.3 Å². The van der Waals surface area contributed by atoms with Crippen LogP contribution >= 0.6 is 11.6 Å². The molecule has 0 bridgehead atoms. The maximum Gasteiger partial charge on any atom is 0.272 e.